The summed E-state index contributed by atoms with van der Waals surface area (Å²) in [4.78, 5) is 12.4. The Morgan fingerprint density at radius 1 is 1.20 bits per heavy atom. The Labute approximate surface area is 129 Å². The number of benzene rings is 1. The molecule has 1 aromatic carbocycles. The van der Waals surface area contributed by atoms with Crippen LogP contribution in [0.1, 0.15) is 38.1 Å². The van der Waals surface area contributed by atoms with Crippen molar-refractivity contribution in [3.8, 4) is 0 Å². The van der Waals surface area contributed by atoms with Gasteiger partial charge in [0.15, 0.2) is 0 Å². The quantitative estimate of drug-likeness (QED) is 0.878. The third-order valence-electron chi connectivity index (χ3n) is 4.54. The van der Waals surface area contributed by atoms with Gasteiger partial charge in [-0.2, -0.15) is 0 Å². The molecular formula is C15H20Cl2N2O. The molecule has 3 nitrogen and oxygen atoms in total. The highest BCUT2D eigenvalue weighted by atomic mass is 35.5. The topological polar surface area (TPSA) is 55.1 Å². The van der Waals surface area contributed by atoms with Gasteiger partial charge in [-0.25, -0.2) is 0 Å². The van der Waals surface area contributed by atoms with E-state index in [1.807, 2.05) is 0 Å². The molecule has 1 fully saturated rings. The molecule has 2 rings (SSSR count). The van der Waals surface area contributed by atoms with Gasteiger partial charge in [0, 0.05) is 27.9 Å². The minimum Gasteiger partial charge on any atom is -0.348 e. The van der Waals surface area contributed by atoms with Crippen molar-refractivity contribution in [2.75, 3.05) is 0 Å². The molecule has 110 valence electrons. The Hall–Kier alpha value is -0.770. The van der Waals surface area contributed by atoms with Gasteiger partial charge in [-0.15, -0.1) is 0 Å². The van der Waals surface area contributed by atoms with E-state index in [0.29, 0.717) is 15.6 Å². The van der Waals surface area contributed by atoms with Crippen molar-refractivity contribution in [3.05, 3.63) is 33.8 Å². The summed E-state index contributed by atoms with van der Waals surface area (Å²) in [6, 6.07) is 4.91. The van der Waals surface area contributed by atoms with Crippen molar-refractivity contribution >= 4 is 29.1 Å². The van der Waals surface area contributed by atoms with Crippen molar-refractivity contribution in [1.82, 2.24) is 5.32 Å². The molecule has 1 aromatic rings. The number of hydrogen-bond donors (Lipinski definition) is 2. The third kappa shape index (κ3) is 2.32. The van der Waals surface area contributed by atoms with E-state index in [9.17, 15) is 4.79 Å². The monoisotopic (exact) mass is 314 g/mol. The molecule has 1 aliphatic rings. The van der Waals surface area contributed by atoms with Crippen LogP contribution >= 0.6 is 23.2 Å². The first-order valence-electron chi connectivity index (χ1n) is 6.60. The van der Waals surface area contributed by atoms with Gasteiger partial charge in [0.05, 0.1) is 10.6 Å². The highest BCUT2D eigenvalue weighted by molar-refractivity contribution is 6.36. The van der Waals surface area contributed by atoms with Crippen LogP contribution in [0.5, 0.6) is 0 Å². The highest BCUT2D eigenvalue weighted by Crippen LogP contribution is 2.52. The van der Waals surface area contributed by atoms with Crippen LogP contribution in [0.4, 0.5) is 0 Å². The summed E-state index contributed by atoms with van der Waals surface area (Å²) in [5, 5.41) is 3.93. The SMILES string of the molecule is CC1(C)C(N)C(C)(C)C1NC(=O)c1ccc(Cl)cc1Cl. The molecule has 0 atom stereocenters. The zero-order valence-electron chi connectivity index (χ0n) is 12.1. The minimum atomic E-state index is -0.190. The van der Waals surface area contributed by atoms with Crippen molar-refractivity contribution in [1.29, 1.82) is 0 Å². The lowest BCUT2D eigenvalue weighted by atomic mass is 9.48. The fourth-order valence-corrected chi connectivity index (χ4v) is 3.93. The second-order valence-corrected chi connectivity index (χ2v) is 7.49. The molecule has 0 aliphatic heterocycles. The van der Waals surface area contributed by atoms with E-state index >= 15 is 0 Å². The predicted molar refractivity (Wildman–Crippen MR) is 83.3 cm³/mol. The second kappa shape index (κ2) is 4.90. The maximum Gasteiger partial charge on any atom is 0.253 e. The maximum atomic E-state index is 12.4. The van der Waals surface area contributed by atoms with Gasteiger partial charge in [-0.3, -0.25) is 4.79 Å². The number of rotatable bonds is 2. The van der Waals surface area contributed by atoms with Crippen LogP contribution in [0.2, 0.25) is 10.0 Å². The Bertz CT molecular complexity index is 539. The van der Waals surface area contributed by atoms with Crippen LogP contribution in [0.3, 0.4) is 0 Å². The van der Waals surface area contributed by atoms with Crippen LogP contribution in [0.25, 0.3) is 0 Å². The lowest BCUT2D eigenvalue weighted by Gasteiger charge is -2.62. The molecule has 0 aromatic heterocycles. The zero-order valence-corrected chi connectivity index (χ0v) is 13.6. The first-order valence-corrected chi connectivity index (χ1v) is 7.35. The van der Waals surface area contributed by atoms with Crippen molar-refractivity contribution < 1.29 is 4.79 Å². The van der Waals surface area contributed by atoms with Gasteiger partial charge in [-0.05, 0) is 18.2 Å². The van der Waals surface area contributed by atoms with E-state index in [2.05, 4.69) is 33.0 Å². The molecule has 1 aliphatic carbocycles. The Morgan fingerprint density at radius 3 is 2.25 bits per heavy atom. The summed E-state index contributed by atoms with van der Waals surface area (Å²) in [5.41, 5.74) is 6.35. The van der Waals surface area contributed by atoms with Gasteiger partial charge in [0.2, 0.25) is 0 Å². The van der Waals surface area contributed by atoms with Crippen LogP contribution < -0.4 is 11.1 Å². The van der Waals surface area contributed by atoms with Crippen molar-refractivity contribution in [3.63, 3.8) is 0 Å². The summed E-state index contributed by atoms with van der Waals surface area (Å²) >= 11 is 11.9. The molecule has 0 heterocycles. The second-order valence-electron chi connectivity index (χ2n) is 6.65. The molecule has 0 saturated heterocycles. The summed E-state index contributed by atoms with van der Waals surface area (Å²) < 4.78 is 0. The van der Waals surface area contributed by atoms with Crippen molar-refractivity contribution in [2.24, 2.45) is 16.6 Å². The third-order valence-corrected chi connectivity index (χ3v) is 5.09. The normalized spacial score (nSPS) is 26.8. The molecule has 1 amide bonds. The van der Waals surface area contributed by atoms with E-state index < -0.39 is 0 Å². The smallest absolute Gasteiger partial charge is 0.253 e. The average Bonchev–Trinajstić information content (AvgIpc) is 2.34. The Morgan fingerprint density at radius 2 is 1.75 bits per heavy atom. The summed E-state index contributed by atoms with van der Waals surface area (Å²) in [5.74, 6) is -0.190. The van der Waals surface area contributed by atoms with Crippen LogP contribution in [-0.4, -0.2) is 18.0 Å². The number of carbonyl (C=O) groups is 1. The molecule has 3 N–H and O–H groups in total. The fourth-order valence-electron chi connectivity index (χ4n) is 3.43. The number of amides is 1. The molecule has 5 heteroatoms. The van der Waals surface area contributed by atoms with E-state index in [-0.39, 0.29) is 28.8 Å². The van der Waals surface area contributed by atoms with Gasteiger partial charge in [0.1, 0.15) is 0 Å². The summed E-state index contributed by atoms with van der Waals surface area (Å²) in [6.45, 7) is 8.27. The van der Waals surface area contributed by atoms with E-state index in [1.54, 1.807) is 18.2 Å². The van der Waals surface area contributed by atoms with E-state index in [4.69, 9.17) is 28.9 Å². The molecule has 1 saturated carbocycles. The lowest BCUT2D eigenvalue weighted by molar-refractivity contribution is -0.0663. The molecule has 0 unspecified atom stereocenters. The number of nitrogens with one attached hydrogen (secondary N) is 1. The van der Waals surface area contributed by atoms with Gasteiger partial charge in [-0.1, -0.05) is 50.9 Å². The number of hydrogen-bond acceptors (Lipinski definition) is 2. The van der Waals surface area contributed by atoms with Crippen molar-refractivity contribution in [2.45, 2.75) is 39.8 Å². The lowest BCUT2D eigenvalue weighted by Crippen LogP contribution is -2.76. The van der Waals surface area contributed by atoms with E-state index in [0.717, 1.165) is 0 Å². The predicted octanol–water partition coefficient (Wildman–Crippen LogP) is 3.49. The van der Waals surface area contributed by atoms with Gasteiger partial charge < -0.3 is 11.1 Å². The molecule has 20 heavy (non-hydrogen) atoms. The highest BCUT2D eigenvalue weighted by Gasteiger charge is 2.60. The Kier molecular flexibility index (Phi) is 3.83. The number of nitrogens with two attached hydrogens (primary N) is 1. The number of carbonyl (C=O) groups excluding carboxylic acids is 1. The first kappa shape index (κ1) is 15.6. The van der Waals surface area contributed by atoms with Crippen LogP contribution in [0, 0.1) is 10.8 Å². The van der Waals surface area contributed by atoms with E-state index in [1.165, 1.54) is 0 Å². The fraction of sp³-hybridized carbons (Fsp3) is 0.533. The number of halogens is 2. The minimum absolute atomic E-state index is 0.00393. The largest absolute Gasteiger partial charge is 0.348 e. The Balaban J connectivity index is 2.20. The van der Waals surface area contributed by atoms with Gasteiger partial charge >= 0.3 is 0 Å². The van der Waals surface area contributed by atoms with Crippen LogP contribution in [-0.2, 0) is 0 Å². The standard InChI is InChI=1S/C15H20Cl2N2O/c1-14(2)12(18)15(3,4)13(14)19-11(20)9-6-5-8(16)7-10(9)17/h5-7,12-13H,18H2,1-4H3,(H,19,20). The first-order chi connectivity index (χ1) is 9.08. The maximum absolute atomic E-state index is 12.4. The van der Waals surface area contributed by atoms with Crippen LogP contribution in [0.15, 0.2) is 18.2 Å². The zero-order chi connectivity index (χ0) is 15.3. The molecule has 0 radical (unpaired) electrons. The summed E-state index contributed by atoms with van der Waals surface area (Å²) in [7, 11) is 0. The molecular weight excluding hydrogens is 295 g/mol. The average molecular weight is 315 g/mol. The molecule has 0 bridgehead atoms. The summed E-state index contributed by atoms with van der Waals surface area (Å²) in [6.07, 6.45) is 0. The van der Waals surface area contributed by atoms with Gasteiger partial charge in [0.25, 0.3) is 5.91 Å². The molecule has 0 spiro atoms.